The number of benzene rings is 1. The number of nitrogens with two attached hydrogens (primary N) is 1. The lowest BCUT2D eigenvalue weighted by Crippen LogP contribution is -2.37. The van der Waals surface area contributed by atoms with E-state index < -0.39 is 0 Å². The number of aliphatic imine (C=N–C) groups is 1. The number of hydrogen-bond acceptors (Lipinski definition) is 8. The molecule has 1 aromatic carbocycles. The molecule has 3 aromatic rings. The Bertz CT molecular complexity index is 1210. The van der Waals surface area contributed by atoms with Gasteiger partial charge in [-0.3, -0.25) is 20.2 Å². The van der Waals surface area contributed by atoms with Crippen LogP contribution in [-0.4, -0.2) is 78.0 Å². The number of ether oxygens (including phenoxy) is 1. The maximum absolute atomic E-state index is 12.3. The Balaban J connectivity index is 1.27. The van der Waals surface area contributed by atoms with Crippen molar-refractivity contribution in [2.75, 3.05) is 51.3 Å². The highest BCUT2D eigenvalue weighted by Crippen LogP contribution is 2.15. The van der Waals surface area contributed by atoms with E-state index in [0.717, 1.165) is 52.1 Å². The van der Waals surface area contributed by atoms with Gasteiger partial charge in [0.1, 0.15) is 11.3 Å². The van der Waals surface area contributed by atoms with Crippen LogP contribution in [0.2, 0.25) is 0 Å². The summed E-state index contributed by atoms with van der Waals surface area (Å²) in [5.41, 5.74) is 9.40. The molecule has 1 saturated heterocycles. The van der Waals surface area contributed by atoms with Gasteiger partial charge in [0.25, 0.3) is 0 Å². The molecule has 4 N–H and O–H groups in total. The predicted molar refractivity (Wildman–Crippen MR) is 147 cm³/mol. The van der Waals surface area contributed by atoms with Crippen LogP contribution >= 0.6 is 0 Å². The fraction of sp³-hybridized carbons (Fsp3) is 0.370. The minimum absolute atomic E-state index is 0.300. The summed E-state index contributed by atoms with van der Waals surface area (Å²) < 4.78 is 5.37. The van der Waals surface area contributed by atoms with Gasteiger partial charge >= 0.3 is 6.03 Å². The average Bonchev–Trinajstić information content (AvgIpc) is 2.94. The molecule has 2 aromatic heterocycles. The standard InChI is InChI=1S/C27H34N8O2/c28-18-22(19-29-12-13-35-14-16-37-17-15-35)24-20-31-23-9-10-25(33-26(23)32-24)34-27(36)30-11-5-4-8-21-6-2-1-3-7-21/h1-3,6-7,9-10,18-20H,4-5,8,11-17,28H2,(H2,30,32,33,34,36). The van der Waals surface area contributed by atoms with E-state index >= 15 is 0 Å². The topological polar surface area (TPSA) is 131 Å². The molecule has 4 rings (SSSR count). The Morgan fingerprint density at radius 3 is 2.76 bits per heavy atom. The van der Waals surface area contributed by atoms with Crippen molar-refractivity contribution in [3.05, 3.63) is 66.1 Å². The third kappa shape index (κ3) is 8.33. The molecule has 194 valence electrons. The van der Waals surface area contributed by atoms with Crippen LogP contribution in [0.5, 0.6) is 0 Å². The average molecular weight is 503 g/mol. The van der Waals surface area contributed by atoms with Crippen LogP contribution in [0.1, 0.15) is 24.1 Å². The van der Waals surface area contributed by atoms with Crippen LogP contribution in [0, 0.1) is 0 Å². The van der Waals surface area contributed by atoms with Gasteiger partial charge in [-0.15, -0.1) is 0 Å². The number of fused-ring (bicyclic) bond motifs is 1. The molecule has 37 heavy (non-hydrogen) atoms. The van der Waals surface area contributed by atoms with Crippen molar-refractivity contribution in [1.29, 1.82) is 0 Å². The van der Waals surface area contributed by atoms with E-state index in [1.165, 1.54) is 11.8 Å². The first kappa shape index (κ1) is 26.2. The van der Waals surface area contributed by atoms with Gasteiger partial charge in [-0.2, -0.15) is 0 Å². The number of pyridine rings is 1. The molecular weight excluding hydrogens is 468 g/mol. The number of morpholine rings is 1. The van der Waals surface area contributed by atoms with Crippen molar-refractivity contribution >= 4 is 34.8 Å². The normalized spacial score (nSPS) is 14.8. The third-order valence-electron chi connectivity index (χ3n) is 6.02. The van der Waals surface area contributed by atoms with E-state index in [1.54, 1.807) is 24.5 Å². The molecule has 0 unspecified atom stereocenters. The highest BCUT2D eigenvalue weighted by Gasteiger charge is 2.10. The number of urea groups is 1. The zero-order valence-corrected chi connectivity index (χ0v) is 21.0. The minimum atomic E-state index is -0.300. The largest absolute Gasteiger partial charge is 0.404 e. The highest BCUT2D eigenvalue weighted by molar-refractivity contribution is 6.09. The molecule has 2 amide bonds. The highest BCUT2D eigenvalue weighted by atomic mass is 16.5. The number of carbonyl (C=O) groups is 1. The number of hydrogen-bond donors (Lipinski definition) is 3. The fourth-order valence-electron chi connectivity index (χ4n) is 3.95. The first-order chi connectivity index (χ1) is 18.2. The lowest BCUT2D eigenvalue weighted by molar-refractivity contribution is 0.0395. The van der Waals surface area contributed by atoms with Crippen LogP contribution < -0.4 is 16.4 Å². The van der Waals surface area contributed by atoms with Crippen LogP contribution in [0.4, 0.5) is 10.6 Å². The van der Waals surface area contributed by atoms with E-state index in [2.05, 4.69) is 47.6 Å². The Hall–Kier alpha value is -3.89. The maximum atomic E-state index is 12.3. The van der Waals surface area contributed by atoms with Crippen LogP contribution in [0.15, 0.2) is 59.9 Å². The molecule has 0 radical (unpaired) electrons. The number of nitrogens with zero attached hydrogens (tertiary/aromatic N) is 5. The van der Waals surface area contributed by atoms with Crippen molar-refractivity contribution in [3.63, 3.8) is 0 Å². The number of anilines is 1. The third-order valence-corrected chi connectivity index (χ3v) is 6.02. The van der Waals surface area contributed by atoms with Crippen molar-refractivity contribution < 1.29 is 9.53 Å². The van der Waals surface area contributed by atoms with Crippen molar-refractivity contribution in [2.24, 2.45) is 10.7 Å². The van der Waals surface area contributed by atoms with Gasteiger partial charge in [0.05, 0.1) is 31.6 Å². The van der Waals surface area contributed by atoms with Gasteiger partial charge in [-0.25, -0.2) is 14.8 Å². The van der Waals surface area contributed by atoms with Gasteiger partial charge in [0, 0.05) is 44.2 Å². The lowest BCUT2D eigenvalue weighted by atomic mass is 10.1. The van der Waals surface area contributed by atoms with Crippen molar-refractivity contribution in [3.8, 4) is 0 Å². The Morgan fingerprint density at radius 2 is 1.95 bits per heavy atom. The Kier molecular flexibility index (Phi) is 9.91. The van der Waals surface area contributed by atoms with Crippen molar-refractivity contribution in [1.82, 2.24) is 25.2 Å². The number of allylic oxidation sites excluding steroid dienone is 1. The quantitative estimate of drug-likeness (QED) is 0.271. The first-order valence-corrected chi connectivity index (χ1v) is 12.7. The molecule has 10 nitrogen and oxygen atoms in total. The summed E-state index contributed by atoms with van der Waals surface area (Å²) in [4.78, 5) is 32.6. The minimum Gasteiger partial charge on any atom is -0.404 e. The molecule has 0 atom stereocenters. The summed E-state index contributed by atoms with van der Waals surface area (Å²) in [6, 6.07) is 13.5. The van der Waals surface area contributed by atoms with Gasteiger partial charge in [-0.05, 0) is 37.0 Å². The molecule has 1 aliphatic rings. The second kappa shape index (κ2) is 14.0. The van der Waals surface area contributed by atoms with E-state index in [0.29, 0.717) is 41.3 Å². The Labute approximate surface area is 217 Å². The Morgan fingerprint density at radius 1 is 1.11 bits per heavy atom. The maximum Gasteiger partial charge on any atom is 0.320 e. The monoisotopic (exact) mass is 502 g/mol. The molecule has 10 heteroatoms. The van der Waals surface area contributed by atoms with E-state index in [4.69, 9.17) is 10.5 Å². The zero-order valence-electron chi connectivity index (χ0n) is 21.0. The van der Waals surface area contributed by atoms with Crippen LogP contribution in [0.3, 0.4) is 0 Å². The number of unbranched alkanes of at least 4 members (excludes halogenated alkanes) is 1. The van der Waals surface area contributed by atoms with Crippen molar-refractivity contribution in [2.45, 2.75) is 19.3 Å². The molecular formula is C27H34N8O2. The van der Waals surface area contributed by atoms with E-state index in [-0.39, 0.29) is 6.03 Å². The summed E-state index contributed by atoms with van der Waals surface area (Å²) in [6.45, 7) is 5.51. The number of aryl methyl sites for hydroxylation is 1. The number of nitrogens with one attached hydrogen (secondary N) is 2. The van der Waals surface area contributed by atoms with Gasteiger partial charge in [0.15, 0.2) is 5.65 Å². The first-order valence-electron chi connectivity index (χ1n) is 12.7. The van der Waals surface area contributed by atoms with E-state index in [9.17, 15) is 4.79 Å². The number of carbonyl (C=O) groups excluding carboxylic acids is 1. The summed E-state index contributed by atoms with van der Waals surface area (Å²) >= 11 is 0. The summed E-state index contributed by atoms with van der Waals surface area (Å²) in [7, 11) is 0. The number of amides is 2. The molecule has 0 spiro atoms. The summed E-state index contributed by atoms with van der Waals surface area (Å²) in [5.74, 6) is 0.401. The number of rotatable bonds is 11. The van der Waals surface area contributed by atoms with Crippen LogP contribution in [0.25, 0.3) is 16.7 Å². The smallest absolute Gasteiger partial charge is 0.320 e. The summed E-state index contributed by atoms with van der Waals surface area (Å²) in [5, 5.41) is 5.65. The predicted octanol–water partition coefficient (Wildman–Crippen LogP) is 2.87. The van der Waals surface area contributed by atoms with Gasteiger partial charge in [0.2, 0.25) is 0 Å². The molecule has 1 fully saturated rings. The molecule has 3 heterocycles. The second-order valence-corrected chi connectivity index (χ2v) is 8.73. The zero-order chi connectivity index (χ0) is 25.7. The molecule has 0 saturated carbocycles. The van der Waals surface area contributed by atoms with Gasteiger partial charge in [-0.1, -0.05) is 30.3 Å². The number of aromatic nitrogens is 3. The summed E-state index contributed by atoms with van der Waals surface area (Å²) in [6.07, 6.45) is 7.71. The second-order valence-electron chi connectivity index (χ2n) is 8.73. The lowest BCUT2D eigenvalue weighted by Gasteiger charge is -2.25. The van der Waals surface area contributed by atoms with E-state index in [1.807, 2.05) is 18.2 Å². The fourth-order valence-corrected chi connectivity index (χ4v) is 3.95. The van der Waals surface area contributed by atoms with Gasteiger partial charge < -0.3 is 15.8 Å². The molecule has 0 bridgehead atoms. The molecule has 0 aliphatic carbocycles. The molecule has 1 aliphatic heterocycles. The van der Waals surface area contributed by atoms with Crippen LogP contribution in [-0.2, 0) is 11.2 Å². The SMILES string of the molecule is NC=C(C=NCCN1CCOCC1)c1cnc2ccc(NC(=O)NCCCCc3ccccc3)nc2n1.